The minimum atomic E-state index is -3.37. The van der Waals surface area contributed by atoms with Gasteiger partial charge in [0.15, 0.2) is 6.10 Å². The molecule has 0 saturated heterocycles. The summed E-state index contributed by atoms with van der Waals surface area (Å²) in [6, 6.07) is 4.56. The first-order valence-electron chi connectivity index (χ1n) is 7.57. The van der Waals surface area contributed by atoms with Crippen LogP contribution in [0.4, 0.5) is 5.69 Å². The summed E-state index contributed by atoms with van der Waals surface area (Å²) in [4.78, 5) is 25.3. The maximum absolute atomic E-state index is 12.2. The third kappa shape index (κ3) is 3.53. The molecule has 1 aliphatic rings. The normalized spacial score (nSPS) is 18.0. The number of benzene rings is 1. The molecular formula is C16H22N2O5S. The number of fused-ring (bicyclic) bond motifs is 1. The Morgan fingerprint density at radius 3 is 2.50 bits per heavy atom. The number of amides is 1. The Morgan fingerprint density at radius 2 is 1.96 bits per heavy atom. The minimum absolute atomic E-state index is 0.199. The molecule has 0 aromatic heterocycles. The molecule has 0 unspecified atom stereocenters. The minimum Gasteiger partial charge on any atom is -0.449 e. The lowest BCUT2D eigenvalue weighted by molar-refractivity contribution is -0.137. The van der Waals surface area contributed by atoms with Crippen LogP contribution in [0.15, 0.2) is 18.2 Å². The van der Waals surface area contributed by atoms with E-state index in [-0.39, 0.29) is 11.9 Å². The fraction of sp³-hybridized carbons (Fsp3) is 0.500. The highest BCUT2D eigenvalue weighted by molar-refractivity contribution is 7.92. The van der Waals surface area contributed by atoms with Crippen LogP contribution in [-0.4, -0.2) is 57.7 Å². The molecule has 24 heavy (non-hydrogen) atoms. The van der Waals surface area contributed by atoms with Crippen molar-refractivity contribution in [2.45, 2.75) is 32.4 Å². The monoisotopic (exact) mass is 354 g/mol. The molecule has 132 valence electrons. The Labute approximate surface area is 142 Å². The molecule has 1 heterocycles. The standard InChI is InChI=1S/C16H22N2O5S/c1-10-8-13-9-12(6-7-14(13)18(10)24(5,21)22)16(20)23-11(2)15(19)17(3)4/h6-7,9-11H,8H2,1-5H3/t10-,11+/m1/s1. The smallest absolute Gasteiger partial charge is 0.338 e. The van der Waals surface area contributed by atoms with Crippen LogP contribution in [0.2, 0.25) is 0 Å². The second-order valence-electron chi connectivity index (χ2n) is 6.24. The SMILES string of the molecule is C[C@H](OC(=O)c1ccc2c(c1)C[C@@H](C)N2S(C)(=O)=O)C(=O)N(C)C. The van der Waals surface area contributed by atoms with Crippen LogP contribution in [-0.2, 0) is 26.0 Å². The molecule has 0 aliphatic carbocycles. The fourth-order valence-electron chi connectivity index (χ4n) is 2.88. The molecule has 2 rings (SSSR count). The highest BCUT2D eigenvalue weighted by Gasteiger charge is 2.33. The number of nitrogens with zero attached hydrogens (tertiary/aromatic N) is 2. The van der Waals surface area contributed by atoms with E-state index in [1.807, 2.05) is 6.92 Å². The molecule has 0 N–H and O–H groups in total. The quantitative estimate of drug-likeness (QED) is 0.754. The van der Waals surface area contributed by atoms with E-state index in [2.05, 4.69) is 0 Å². The van der Waals surface area contributed by atoms with Gasteiger partial charge in [-0.3, -0.25) is 9.10 Å². The van der Waals surface area contributed by atoms with Crippen molar-refractivity contribution < 1.29 is 22.7 Å². The van der Waals surface area contributed by atoms with Crippen LogP contribution in [0.3, 0.4) is 0 Å². The highest BCUT2D eigenvalue weighted by Crippen LogP contribution is 2.34. The molecule has 1 aliphatic heterocycles. The topological polar surface area (TPSA) is 84.0 Å². The number of rotatable bonds is 4. The molecule has 7 nitrogen and oxygen atoms in total. The molecule has 8 heteroatoms. The van der Waals surface area contributed by atoms with E-state index in [1.54, 1.807) is 26.2 Å². The molecule has 0 radical (unpaired) electrons. The van der Waals surface area contributed by atoms with Gasteiger partial charge in [-0.1, -0.05) is 0 Å². The number of hydrogen-bond donors (Lipinski definition) is 0. The molecule has 0 spiro atoms. The molecule has 1 aromatic rings. The number of hydrogen-bond acceptors (Lipinski definition) is 5. The molecule has 2 atom stereocenters. The van der Waals surface area contributed by atoms with Gasteiger partial charge in [-0.25, -0.2) is 13.2 Å². The van der Waals surface area contributed by atoms with E-state index in [4.69, 9.17) is 4.74 Å². The second kappa shape index (κ2) is 6.43. The van der Waals surface area contributed by atoms with Crippen LogP contribution in [0.1, 0.15) is 29.8 Å². The predicted octanol–water partition coefficient (Wildman–Crippen LogP) is 1.03. The Kier molecular flexibility index (Phi) is 4.89. The third-order valence-corrected chi connectivity index (χ3v) is 5.17. The number of carbonyl (C=O) groups excluding carboxylic acids is 2. The first-order valence-corrected chi connectivity index (χ1v) is 9.41. The van der Waals surface area contributed by atoms with E-state index in [9.17, 15) is 18.0 Å². The van der Waals surface area contributed by atoms with Gasteiger partial charge in [0, 0.05) is 20.1 Å². The second-order valence-corrected chi connectivity index (χ2v) is 8.10. The van der Waals surface area contributed by atoms with Crippen molar-refractivity contribution in [2.24, 2.45) is 0 Å². The van der Waals surface area contributed by atoms with Crippen molar-refractivity contribution in [3.63, 3.8) is 0 Å². The van der Waals surface area contributed by atoms with Crippen molar-refractivity contribution in [2.75, 3.05) is 24.7 Å². The summed E-state index contributed by atoms with van der Waals surface area (Å²) in [7, 11) is -0.198. The Hall–Kier alpha value is -2.09. The van der Waals surface area contributed by atoms with Crippen molar-refractivity contribution >= 4 is 27.6 Å². The maximum Gasteiger partial charge on any atom is 0.338 e. The summed E-state index contributed by atoms with van der Waals surface area (Å²) in [6.07, 6.45) is 0.803. The Bertz CT molecular complexity index is 773. The van der Waals surface area contributed by atoms with Crippen LogP contribution in [0, 0.1) is 0 Å². The number of ether oxygens (including phenoxy) is 1. The summed E-state index contributed by atoms with van der Waals surface area (Å²) in [5.41, 5.74) is 1.66. The summed E-state index contributed by atoms with van der Waals surface area (Å²) in [6.45, 7) is 3.33. The van der Waals surface area contributed by atoms with Crippen molar-refractivity contribution in [3.8, 4) is 0 Å². The van der Waals surface area contributed by atoms with Gasteiger partial charge in [-0.15, -0.1) is 0 Å². The number of anilines is 1. The number of carbonyl (C=O) groups is 2. The van der Waals surface area contributed by atoms with E-state index < -0.39 is 22.1 Å². The Morgan fingerprint density at radius 1 is 1.33 bits per heavy atom. The summed E-state index contributed by atoms with van der Waals surface area (Å²) in [5, 5.41) is 0. The first kappa shape index (κ1) is 18.3. The number of esters is 1. The number of sulfonamides is 1. The van der Waals surface area contributed by atoms with Crippen LogP contribution < -0.4 is 4.31 Å². The molecule has 0 bridgehead atoms. The van der Waals surface area contributed by atoms with Gasteiger partial charge in [-0.2, -0.15) is 0 Å². The third-order valence-electron chi connectivity index (χ3n) is 3.90. The molecule has 0 saturated carbocycles. The van der Waals surface area contributed by atoms with Gasteiger partial charge in [-0.05, 0) is 44.0 Å². The predicted molar refractivity (Wildman–Crippen MR) is 90.5 cm³/mol. The lowest BCUT2D eigenvalue weighted by atomic mass is 10.1. The van der Waals surface area contributed by atoms with Crippen molar-refractivity contribution in [1.82, 2.24) is 4.90 Å². The van der Waals surface area contributed by atoms with E-state index >= 15 is 0 Å². The van der Waals surface area contributed by atoms with Crippen LogP contribution in [0.25, 0.3) is 0 Å². The van der Waals surface area contributed by atoms with Gasteiger partial charge >= 0.3 is 5.97 Å². The molecule has 0 fully saturated rings. The lowest BCUT2D eigenvalue weighted by Gasteiger charge is -2.22. The average Bonchev–Trinajstić information content (AvgIpc) is 2.80. The Balaban J connectivity index is 2.23. The van der Waals surface area contributed by atoms with Gasteiger partial charge in [0.25, 0.3) is 5.91 Å². The van der Waals surface area contributed by atoms with Crippen molar-refractivity contribution in [3.05, 3.63) is 29.3 Å². The summed E-state index contributed by atoms with van der Waals surface area (Å²) >= 11 is 0. The van der Waals surface area contributed by atoms with Gasteiger partial charge in [0.05, 0.1) is 17.5 Å². The molecule has 1 amide bonds. The van der Waals surface area contributed by atoms with Gasteiger partial charge < -0.3 is 9.64 Å². The van der Waals surface area contributed by atoms with Gasteiger partial charge in [0.2, 0.25) is 10.0 Å². The van der Waals surface area contributed by atoms with Crippen LogP contribution >= 0.6 is 0 Å². The van der Waals surface area contributed by atoms with Crippen molar-refractivity contribution in [1.29, 1.82) is 0 Å². The maximum atomic E-state index is 12.2. The zero-order valence-corrected chi connectivity index (χ0v) is 15.3. The zero-order valence-electron chi connectivity index (χ0n) is 14.4. The summed E-state index contributed by atoms with van der Waals surface area (Å²) in [5.74, 6) is -0.910. The molecule has 1 aromatic carbocycles. The fourth-order valence-corrected chi connectivity index (χ4v) is 4.14. The van der Waals surface area contributed by atoms with Gasteiger partial charge in [0.1, 0.15) is 0 Å². The van der Waals surface area contributed by atoms with E-state index in [1.165, 1.54) is 22.2 Å². The van der Waals surface area contributed by atoms with E-state index in [0.717, 1.165) is 11.8 Å². The molecular weight excluding hydrogens is 332 g/mol. The average molecular weight is 354 g/mol. The number of likely N-dealkylation sites (N-methyl/N-ethyl adjacent to an activating group) is 1. The lowest BCUT2D eigenvalue weighted by Crippen LogP contribution is -2.35. The van der Waals surface area contributed by atoms with E-state index in [0.29, 0.717) is 17.7 Å². The first-order chi connectivity index (χ1) is 11.0. The van der Waals surface area contributed by atoms with Crippen LogP contribution in [0.5, 0.6) is 0 Å². The highest BCUT2D eigenvalue weighted by atomic mass is 32.2. The summed E-state index contributed by atoms with van der Waals surface area (Å²) < 4.78 is 30.3. The zero-order chi connectivity index (χ0) is 18.2. The largest absolute Gasteiger partial charge is 0.449 e.